The van der Waals surface area contributed by atoms with E-state index in [9.17, 15) is 0 Å². The quantitative estimate of drug-likeness (QED) is 0.461. The van der Waals surface area contributed by atoms with Gasteiger partial charge in [-0.25, -0.2) is 0 Å². The van der Waals surface area contributed by atoms with Gasteiger partial charge in [-0.2, -0.15) is 18.3 Å². The predicted octanol–water partition coefficient (Wildman–Crippen LogP) is -5.18. The van der Waals surface area contributed by atoms with Gasteiger partial charge in [0.2, 0.25) is 0 Å². The van der Waals surface area contributed by atoms with Crippen LogP contribution in [0.1, 0.15) is 0 Å². The van der Waals surface area contributed by atoms with Gasteiger partial charge in [0.1, 0.15) is 0 Å². The van der Waals surface area contributed by atoms with Gasteiger partial charge in [-0.15, -0.1) is 6.20 Å². The molecule has 0 saturated heterocycles. The van der Waals surface area contributed by atoms with Crippen molar-refractivity contribution < 1.29 is 29.2 Å². The van der Waals surface area contributed by atoms with E-state index in [2.05, 4.69) is 11.2 Å². The maximum absolute atomic E-state index is 2.74. The van der Waals surface area contributed by atoms with Gasteiger partial charge < -0.3 is 14.4 Å². The summed E-state index contributed by atoms with van der Waals surface area (Å²) in [7, 11) is 0. The van der Waals surface area contributed by atoms with Gasteiger partial charge in [0, 0.05) is 0 Å². The van der Waals surface area contributed by atoms with Crippen LogP contribution in [0.5, 0.6) is 0 Å². The van der Waals surface area contributed by atoms with Crippen molar-refractivity contribution in [3.8, 4) is 0 Å². The number of aromatic nitrogens is 1. The Morgan fingerprint density at radius 3 is 2.00 bits per heavy atom. The van der Waals surface area contributed by atoms with E-state index in [4.69, 9.17) is 0 Å². The number of nitrogens with one attached hydrogen (secondary N) is 1. The van der Waals surface area contributed by atoms with Gasteiger partial charge in [-0.05, 0) is 0 Å². The molecule has 1 rings (SSSR count). The van der Waals surface area contributed by atoms with Crippen LogP contribution in [0.15, 0.2) is 18.3 Å². The summed E-state index contributed by atoms with van der Waals surface area (Å²) >= 11 is 0. The molecular formula is C4H4F2NOs-. The van der Waals surface area contributed by atoms with Crippen LogP contribution in [0.3, 0.4) is 0 Å². The van der Waals surface area contributed by atoms with Crippen LogP contribution in [-0.2, 0) is 19.8 Å². The summed E-state index contributed by atoms with van der Waals surface area (Å²) in [5, 5.41) is 0. The summed E-state index contributed by atoms with van der Waals surface area (Å²) < 4.78 is 0. The molecule has 0 bridgehead atoms. The molecule has 0 spiro atoms. The van der Waals surface area contributed by atoms with Crippen LogP contribution < -0.4 is 9.41 Å². The van der Waals surface area contributed by atoms with Crippen molar-refractivity contribution in [1.82, 2.24) is 4.98 Å². The third-order valence-corrected chi connectivity index (χ3v) is 0.442. The molecule has 1 aromatic rings. The van der Waals surface area contributed by atoms with Crippen LogP contribution in [0.25, 0.3) is 0 Å². The molecule has 0 atom stereocenters. The molecule has 0 aromatic carbocycles. The minimum atomic E-state index is 0. The first kappa shape index (κ1) is 15.7. The normalized spacial score (nSPS) is 5.00. The zero-order valence-electron chi connectivity index (χ0n) is 3.84. The minimum Gasteiger partial charge on any atom is -1.00 e. The third-order valence-electron chi connectivity index (χ3n) is 0.442. The van der Waals surface area contributed by atoms with Crippen LogP contribution in [-0.4, -0.2) is 4.98 Å². The average molecular weight is 294 g/mol. The molecule has 1 nitrogen and oxygen atoms in total. The van der Waals surface area contributed by atoms with Crippen molar-refractivity contribution >= 4 is 0 Å². The predicted molar refractivity (Wildman–Crippen MR) is 19.6 cm³/mol. The number of aromatic amines is 1. The molecule has 0 aliphatic carbocycles. The molecule has 0 aliphatic rings. The van der Waals surface area contributed by atoms with E-state index in [0.29, 0.717) is 0 Å². The van der Waals surface area contributed by atoms with Crippen LogP contribution in [0.2, 0.25) is 0 Å². The summed E-state index contributed by atoms with van der Waals surface area (Å²) in [5.74, 6) is 0. The van der Waals surface area contributed by atoms with Gasteiger partial charge in [-0.1, -0.05) is 0 Å². The molecule has 8 heavy (non-hydrogen) atoms. The minimum absolute atomic E-state index is 0. The van der Waals surface area contributed by atoms with Crippen molar-refractivity contribution in [2.75, 3.05) is 0 Å². The fourth-order valence-electron chi connectivity index (χ4n) is 0.241. The Morgan fingerprint density at radius 2 is 1.88 bits per heavy atom. The van der Waals surface area contributed by atoms with Gasteiger partial charge >= 0.3 is 19.8 Å². The Labute approximate surface area is 59.3 Å². The standard InChI is InChI=1S/C4H4N.2FH.Os/c1-2-4-5-3-1;;;/h1-3,5H;2*1H;/q-1;;;+2/p-2. The van der Waals surface area contributed by atoms with Crippen molar-refractivity contribution in [3.05, 3.63) is 24.5 Å². The molecule has 0 unspecified atom stereocenters. The van der Waals surface area contributed by atoms with Crippen LogP contribution in [0.4, 0.5) is 0 Å². The number of halogens is 2. The Bertz CT molecular complexity index is 70.5. The Balaban J connectivity index is -0.0000000833. The van der Waals surface area contributed by atoms with Gasteiger partial charge in [0.15, 0.2) is 0 Å². The molecule has 0 amide bonds. The van der Waals surface area contributed by atoms with Gasteiger partial charge in [0.25, 0.3) is 0 Å². The number of hydrogen-bond donors (Lipinski definition) is 1. The van der Waals surface area contributed by atoms with Crippen molar-refractivity contribution in [2.45, 2.75) is 0 Å². The Hall–Kier alpha value is -0.224. The first-order chi connectivity index (χ1) is 2.50. The summed E-state index contributed by atoms with van der Waals surface area (Å²) in [4.78, 5) is 2.74. The molecule has 0 aliphatic heterocycles. The largest absolute Gasteiger partial charge is 2.00 e. The number of hydrogen-bond acceptors (Lipinski definition) is 0. The number of rotatable bonds is 0. The van der Waals surface area contributed by atoms with Crippen LogP contribution >= 0.6 is 0 Å². The molecule has 1 heterocycles. The molecule has 0 radical (unpaired) electrons. The third kappa shape index (κ3) is 5.78. The summed E-state index contributed by atoms with van der Waals surface area (Å²) in [6.45, 7) is 0. The topological polar surface area (TPSA) is 15.8 Å². The van der Waals surface area contributed by atoms with Gasteiger partial charge in [0.05, 0.1) is 0 Å². The van der Waals surface area contributed by atoms with E-state index < -0.39 is 0 Å². The van der Waals surface area contributed by atoms with Crippen LogP contribution in [0, 0.1) is 6.20 Å². The molecule has 0 saturated carbocycles. The second kappa shape index (κ2) is 9.91. The molecule has 0 fully saturated rings. The average Bonchev–Trinajstić information content (AvgIpc) is 1.76. The second-order valence-corrected chi connectivity index (χ2v) is 0.814. The summed E-state index contributed by atoms with van der Waals surface area (Å²) in [5.41, 5.74) is 0. The molecule has 4 heteroatoms. The monoisotopic (exact) mass is 296 g/mol. The molecule has 1 N–H and O–H groups in total. The van der Waals surface area contributed by atoms with Gasteiger partial charge in [-0.3, -0.25) is 0 Å². The van der Waals surface area contributed by atoms with E-state index in [1.54, 1.807) is 0 Å². The van der Waals surface area contributed by atoms with E-state index in [1.807, 2.05) is 18.3 Å². The maximum atomic E-state index is 2.74. The van der Waals surface area contributed by atoms with Crippen molar-refractivity contribution in [1.29, 1.82) is 0 Å². The molecule has 48 valence electrons. The summed E-state index contributed by atoms with van der Waals surface area (Å²) in [6, 6.07) is 3.71. The van der Waals surface area contributed by atoms with E-state index >= 15 is 0 Å². The van der Waals surface area contributed by atoms with E-state index in [1.165, 1.54) is 0 Å². The first-order valence-corrected chi connectivity index (χ1v) is 1.49. The summed E-state index contributed by atoms with van der Waals surface area (Å²) in [6.07, 6.45) is 4.56. The zero-order valence-corrected chi connectivity index (χ0v) is 6.38. The van der Waals surface area contributed by atoms with E-state index in [0.717, 1.165) is 0 Å². The fraction of sp³-hybridized carbons (Fsp3) is 0. The fourth-order valence-corrected chi connectivity index (χ4v) is 0.241. The van der Waals surface area contributed by atoms with Crippen molar-refractivity contribution in [3.63, 3.8) is 0 Å². The van der Waals surface area contributed by atoms with E-state index in [-0.39, 0.29) is 29.2 Å². The first-order valence-electron chi connectivity index (χ1n) is 1.49. The van der Waals surface area contributed by atoms with Crippen molar-refractivity contribution in [2.24, 2.45) is 0 Å². The molecular weight excluding hydrogens is 290 g/mol. The Morgan fingerprint density at radius 1 is 1.25 bits per heavy atom. The zero-order chi connectivity index (χ0) is 3.54. The maximum Gasteiger partial charge on any atom is 2.00 e. The second-order valence-electron chi connectivity index (χ2n) is 0.814. The Kier molecular flexibility index (Phi) is 19.4. The smallest absolute Gasteiger partial charge is 1.00 e. The SMILES string of the molecule is [F-].[F-].[Os+2].[c-]1ccc[nH]1. The number of H-pyrrole nitrogens is 1. The molecule has 1 aromatic heterocycles.